The molecule has 0 atom stereocenters. The maximum Gasteiger partial charge on any atom is 0.258 e. The average Bonchev–Trinajstić information content (AvgIpc) is 3.30. The van der Waals surface area contributed by atoms with Crippen LogP contribution in [-0.4, -0.2) is 30.4 Å². The molecule has 1 heterocycles. The topological polar surface area (TPSA) is 92.9 Å². The lowest BCUT2D eigenvalue weighted by Gasteiger charge is -2.06. The summed E-state index contributed by atoms with van der Waals surface area (Å²) in [5.74, 6) is 1.10. The van der Waals surface area contributed by atoms with Gasteiger partial charge in [-0.3, -0.25) is 9.59 Å². The SMILES string of the molecule is O=C(COc1ccc(C=NNC(=O)CSc2ccccc2)cc1)NCc1ccco1. The number of hydrogen-bond acceptors (Lipinski definition) is 6. The van der Waals surface area contributed by atoms with Crippen LogP contribution in [0, 0.1) is 0 Å². The van der Waals surface area contributed by atoms with Gasteiger partial charge in [0, 0.05) is 4.90 Å². The van der Waals surface area contributed by atoms with Crippen molar-refractivity contribution in [1.29, 1.82) is 0 Å². The Balaban J connectivity index is 1.35. The smallest absolute Gasteiger partial charge is 0.258 e. The minimum Gasteiger partial charge on any atom is -0.484 e. The first kappa shape index (κ1) is 21.2. The predicted molar refractivity (Wildman–Crippen MR) is 115 cm³/mol. The standard InChI is InChI=1S/C22H21N3O4S/c26-21(23-14-19-5-4-12-28-19)15-29-18-10-8-17(9-11-18)13-24-25-22(27)16-30-20-6-2-1-3-7-20/h1-13H,14-16H2,(H,23,26)(H,25,27). The Morgan fingerprint density at radius 1 is 1.00 bits per heavy atom. The van der Waals surface area contributed by atoms with Gasteiger partial charge in [-0.25, -0.2) is 5.43 Å². The van der Waals surface area contributed by atoms with Gasteiger partial charge >= 0.3 is 0 Å². The molecule has 1 aromatic heterocycles. The van der Waals surface area contributed by atoms with Crippen molar-refractivity contribution in [2.75, 3.05) is 12.4 Å². The Hall–Kier alpha value is -3.52. The van der Waals surface area contributed by atoms with E-state index in [0.717, 1.165) is 10.5 Å². The number of rotatable bonds is 10. The highest BCUT2D eigenvalue weighted by Gasteiger charge is 2.04. The summed E-state index contributed by atoms with van der Waals surface area (Å²) >= 11 is 1.45. The molecule has 0 saturated carbocycles. The number of carbonyl (C=O) groups excluding carboxylic acids is 2. The van der Waals surface area contributed by atoms with Crippen LogP contribution >= 0.6 is 11.8 Å². The van der Waals surface area contributed by atoms with Crippen molar-refractivity contribution in [3.8, 4) is 5.75 Å². The number of furan rings is 1. The van der Waals surface area contributed by atoms with Gasteiger partial charge in [0.25, 0.3) is 5.91 Å². The Bertz CT molecular complexity index is 958. The summed E-state index contributed by atoms with van der Waals surface area (Å²) in [6, 6.07) is 20.3. The third kappa shape index (κ3) is 7.48. The summed E-state index contributed by atoms with van der Waals surface area (Å²) in [6.45, 7) is 0.226. The molecule has 0 spiro atoms. The summed E-state index contributed by atoms with van der Waals surface area (Å²) in [7, 11) is 0. The fourth-order valence-corrected chi connectivity index (χ4v) is 3.04. The van der Waals surface area contributed by atoms with E-state index in [1.807, 2.05) is 30.3 Å². The molecular weight excluding hydrogens is 402 g/mol. The molecule has 2 aromatic carbocycles. The zero-order valence-electron chi connectivity index (χ0n) is 16.1. The van der Waals surface area contributed by atoms with Gasteiger partial charge in [-0.05, 0) is 54.1 Å². The molecule has 0 aliphatic heterocycles. The van der Waals surface area contributed by atoms with E-state index in [9.17, 15) is 9.59 Å². The second-order valence-corrected chi connectivity index (χ2v) is 7.16. The first-order valence-electron chi connectivity index (χ1n) is 9.21. The van der Waals surface area contributed by atoms with E-state index in [0.29, 0.717) is 18.1 Å². The summed E-state index contributed by atoms with van der Waals surface area (Å²) in [5.41, 5.74) is 3.29. The highest BCUT2D eigenvalue weighted by Crippen LogP contribution is 2.16. The Labute approximate surface area is 178 Å². The van der Waals surface area contributed by atoms with Crippen LogP contribution in [0.15, 0.2) is 87.4 Å². The zero-order chi connectivity index (χ0) is 21.0. The second-order valence-electron chi connectivity index (χ2n) is 6.11. The minimum absolute atomic E-state index is 0.0940. The van der Waals surface area contributed by atoms with Gasteiger partial charge in [0.15, 0.2) is 6.61 Å². The first-order valence-corrected chi connectivity index (χ1v) is 10.2. The number of thioether (sulfide) groups is 1. The molecule has 0 radical (unpaired) electrons. The number of amides is 2. The van der Waals surface area contributed by atoms with Gasteiger partial charge in [-0.15, -0.1) is 11.8 Å². The normalized spacial score (nSPS) is 10.7. The molecule has 0 bridgehead atoms. The molecule has 154 valence electrons. The third-order valence-corrected chi connectivity index (χ3v) is 4.82. The van der Waals surface area contributed by atoms with Crippen LogP contribution in [0.2, 0.25) is 0 Å². The van der Waals surface area contributed by atoms with Gasteiger partial charge in [0.1, 0.15) is 11.5 Å². The van der Waals surface area contributed by atoms with E-state index >= 15 is 0 Å². The molecule has 2 amide bonds. The van der Waals surface area contributed by atoms with E-state index < -0.39 is 0 Å². The highest BCUT2D eigenvalue weighted by molar-refractivity contribution is 8.00. The van der Waals surface area contributed by atoms with Crippen molar-refractivity contribution in [2.24, 2.45) is 5.10 Å². The van der Waals surface area contributed by atoms with Crippen molar-refractivity contribution in [3.63, 3.8) is 0 Å². The van der Waals surface area contributed by atoms with Crippen LogP contribution in [0.3, 0.4) is 0 Å². The highest BCUT2D eigenvalue weighted by atomic mass is 32.2. The van der Waals surface area contributed by atoms with Crippen molar-refractivity contribution in [2.45, 2.75) is 11.4 Å². The van der Waals surface area contributed by atoms with E-state index in [-0.39, 0.29) is 24.2 Å². The zero-order valence-corrected chi connectivity index (χ0v) is 16.9. The summed E-state index contributed by atoms with van der Waals surface area (Å²) in [4.78, 5) is 24.6. The number of hydrogen-bond donors (Lipinski definition) is 2. The molecule has 3 aromatic rings. The maximum atomic E-state index is 11.8. The molecular formula is C22H21N3O4S. The monoisotopic (exact) mass is 423 g/mol. The van der Waals surface area contributed by atoms with Crippen molar-refractivity contribution in [1.82, 2.24) is 10.7 Å². The number of carbonyl (C=O) groups is 2. The van der Waals surface area contributed by atoms with Crippen LogP contribution in [0.4, 0.5) is 0 Å². The number of nitrogens with zero attached hydrogens (tertiary/aromatic N) is 1. The molecule has 7 nitrogen and oxygen atoms in total. The van der Waals surface area contributed by atoms with Gasteiger partial charge in [-0.2, -0.15) is 5.10 Å². The van der Waals surface area contributed by atoms with Crippen LogP contribution in [0.25, 0.3) is 0 Å². The van der Waals surface area contributed by atoms with Gasteiger partial charge < -0.3 is 14.5 Å². The quantitative estimate of drug-likeness (QED) is 0.297. The molecule has 8 heteroatoms. The first-order chi connectivity index (χ1) is 14.7. The fraction of sp³-hybridized carbons (Fsp3) is 0.136. The largest absolute Gasteiger partial charge is 0.484 e. The average molecular weight is 423 g/mol. The predicted octanol–water partition coefficient (Wildman–Crippen LogP) is 3.22. The maximum absolute atomic E-state index is 11.8. The fourth-order valence-electron chi connectivity index (χ4n) is 2.33. The molecule has 0 unspecified atom stereocenters. The van der Waals surface area contributed by atoms with Crippen molar-refractivity contribution < 1.29 is 18.7 Å². The van der Waals surface area contributed by atoms with Crippen LogP contribution < -0.4 is 15.5 Å². The Morgan fingerprint density at radius 2 is 1.80 bits per heavy atom. The summed E-state index contributed by atoms with van der Waals surface area (Å²) in [5, 5.41) is 6.66. The van der Waals surface area contributed by atoms with Crippen LogP contribution in [0.1, 0.15) is 11.3 Å². The lowest BCUT2D eigenvalue weighted by molar-refractivity contribution is -0.123. The lowest BCUT2D eigenvalue weighted by Crippen LogP contribution is -2.28. The lowest BCUT2D eigenvalue weighted by atomic mass is 10.2. The van der Waals surface area contributed by atoms with Crippen molar-refractivity contribution >= 4 is 29.8 Å². The number of benzene rings is 2. The molecule has 2 N–H and O–H groups in total. The van der Waals surface area contributed by atoms with Crippen LogP contribution in [0.5, 0.6) is 5.75 Å². The van der Waals surface area contributed by atoms with E-state index in [4.69, 9.17) is 9.15 Å². The third-order valence-electron chi connectivity index (χ3n) is 3.81. The van der Waals surface area contributed by atoms with Gasteiger partial charge in [0.05, 0.1) is 24.8 Å². The second kappa shape index (κ2) is 11.5. The van der Waals surface area contributed by atoms with Gasteiger partial charge in [-0.1, -0.05) is 18.2 Å². The molecule has 0 aliphatic rings. The number of hydrazone groups is 1. The molecule has 0 saturated heterocycles. The summed E-state index contributed by atoms with van der Waals surface area (Å²) < 4.78 is 10.6. The molecule has 0 fully saturated rings. The molecule has 0 aliphatic carbocycles. The molecule has 3 rings (SSSR count). The van der Waals surface area contributed by atoms with Crippen molar-refractivity contribution in [3.05, 3.63) is 84.3 Å². The number of ether oxygens (including phenoxy) is 1. The van der Waals surface area contributed by atoms with Gasteiger partial charge in [0.2, 0.25) is 5.91 Å². The minimum atomic E-state index is -0.242. The Morgan fingerprint density at radius 3 is 2.53 bits per heavy atom. The number of nitrogens with one attached hydrogen (secondary N) is 2. The van der Waals surface area contributed by atoms with E-state index in [1.165, 1.54) is 11.8 Å². The van der Waals surface area contributed by atoms with E-state index in [1.54, 1.807) is 48.9 Å². The molecule has 30 heavy (non-hydrogen) atoms. The summed E-state index contributed by atoms with van der Waals surface area (Å²) in [6.07, 6.45) is 3.10. The Kier molecular flexibility index (Phi) is 8.11. The van der Waals surface area contributed by atoms with E-state index in [2.05, 4.69) is 15.8 Å². The van der Waals surface area contributed by atoms with Crippen LogP contribution in [-0.2, 0) is 16.1 Å².